The molecule has 1 aromatic heterocycles. The summed E-state index contributed by atoms with van der Waals surface area (Å²) in [4.78, 5) is 16.2. The van der Waals surface area contributed by atoms with E-state index in [1.807, 2.05) is 26.8 Å². The summed E-state index contributed by atoms with van der Waals surface area (Å²) in [5, 5.41) is 9.43. The van der Waals surface area contributed by atoms with Crippen molar-refractivity contribution in [3.63, 3.8) is 0 Å². The average Bonchev–Trinajstić information content (AvgIpc) is 2.38. The third kappa shape index (κ3) is 4.53. The van der Waals surface area contributed by atoms with Gasteiger partial charge in [-0.2, -0.15) is 5.26 Å². The van der Waals surface area contributed by atoms with Crippen LogP contribution in [-0.2, 0) is 9.53 Å². The lowest BCUT2D eigenvalue weighted by Gasteiger charge is -2.12. The Hall–Kier alpha value is -1.54. The van der Waals surface area contributed by atoms with E-state index in [1.165, 1.54) is 11.8 Å². The van der Waals surface area contributed by atoms with Crippen molar-refractivity contribution < 1.29 is 9.53 Å². The normalized spacial score (nSPS) is 11.8. The number of aromatic nitrogens is 1. The molecule has 0 saturated carbocycles. The Morgan fingerprint density at radius 2 is 2.25 bits per heavy atom. The van der Waals surface area contributed by atoms with Gasteiger partial charge in [0.1, 0.15) is 16.3 Å². The number of unbranched alkanes of at least 4 members (excludes halogenated alkanes) is 1. The number of pyridine rings is 1. The third-order valence-corrected chi connectivity index (χ3v) is 3.85. The molecule has 5 heteroatoms. The summed E-state index contributed by atoms with van der Waals surface area (Å²) in [5.41, 5.74) is 2.26. The number of thioether (sulfide) groups is 1. The molecular weight excluding hydrogens is 272 g/mol. The lowest BCUT2D eigenvalue weighted by Crippen LogP contribution is -2.18. The minimum absolute atomic E-state index is 0.256. The number of carbonyl (C=O) groups is 1. The average molecular weight is 292 g/mol. The molecule has 0 aliphatic rings. The Morgan fingerprint density at radius 3 is 2.85 bits per heavy atom. The Balaban J connectivity index is 2.78. The second kappa shape index (κ2) is 7.91. The van der Waals surface area contributed by atoms with E-state index < -0.39 is 0 Å². The summed E-state index contributed by atoms with van der Waals surface area (Å²) in [6.45, 7) is 8.03. The summed E-state index contributed by atoms with van der Waals surface area (Å²) in [6, 6.07) is 4.02. The minimum Gasteiger partial charge on any atom is -0.465 e. The molecule has 4 nitrogen and oxygen atoms in total. The second-order valence-corrected chi connectivity index (χ2v) is 5.98. The zero-order chi connectivity index (χ0) is 15.1. The van der Waals surface area contributed by atoms with Crippen molar-refractivity contribution >= 4 is 17.7 Å². The molecule has 108 valence electrons. The molecular formula is C15H20N2O2S. The van der Waals surface area contributed by atoms with Gasteiger partial charge in [0.15, 0.2) is 0 Å². The monoisotopic (exact) mass is 292 g/mol. The highest BCUT2D eigenvalue weighted by atomic mass is 32.2. The number of ether oxygens (including phenoxy) is 1. The number of nitrogens with zero attached hydrogens (tertiary/aromatic N) is 2. The molecule has 1 rings (SSSR count). The van der Waals surface area contributed by atoms with E-state index in [9.17, 15) is 10.1 Å². The van der Waals surface area contributed by atoms with Gasteiger partial charge in [0.05, 0.1) is 12.2 Å². The first-order valence-corrected chi connectivity index (χ1v) is 7.59. The van der Waals surface area contributed by atoms with Crippen molar-refractivity contribution in [1.82, 2.24) is 4.98 Å². The summed E-state index contributed by atoms with van der Waals surface area (Å²) in [5.74, 6) is -0.256. The molecule has 0 N–H and O–H groups in total. The van der Waals surface area contributed by atoms with E-state index in [2.05, 4.69) is 11.1 Å². The molecule has 0 amide bonds. The van der Waals surface area contributed by atoms with Gasteiger partial charge in [0.25, 0.3) is 0 Å². The quantitative estimate of drug-likeness (QED) is 0.457. The standard InChI is InChI=1S/C15H20N2O2S/c1-5-6-7-19-15(18)12(4)20-14-13(9-16)10(2)8-11(3)17-14/h8,12H,5-7H2,1-4H3. The molecule has 0 saturated heterocycles. The molecule has 1 heterocycles. The summed E-state index contributed by atoms with van der Waals surface area (Å²) in [7, 11) is 0. The van der Waals surface area contributed by atoms with Crippen LogP contribution in [0, 0.1) is 25.2 Å². The molecule has 1 aromatic rings. The third-order valence-electron chi connectivity index (χ3n) is 2.79. The summed E-state index contributed by atoms with van der Waals surface area (Å²) in [6.07, 6.45) is 1.86. The first-order valence-electron chi connectivity index (χ1n) is 6.71. The van der Waals surface area contributed by atoms with Gasteiger partial charge in [-0.1, -0.05) is 25.1 Å². The van der Waals surface area contributed by atoms with Crippen LogP contribution in [0.15, 0.2) is 11.1 Å². The molecule has 0 aliphatic carbocycles. The number of rotatable bonds is 6. The molecule has 1 atom stereocenters. The Morgan fingerprint density at radius 1 is 1.55 bits per heavy atom. The zero-order valence-corrected chi connectivity index (χ0v) is 13.2. The van der Waals surface area contributed by atoms with E-state index in [0.29, 0.717) is 17.2 Å². The molecule has 0 spiro atoms. The van der Waals surface area contributed by atoms with Crippen LogP contribution in [-0.4, -0.2) is 22.8 Å². The van der Waals surface area contributed by atoms with Crippen molar-refractivity contribution in [3.05, 3.63) is 22.9 Å². The second-order valence-electron chi connectivity index (χ2n) is 4.65. The molecule has 0 fully saturated rings. The van der Waals surface area contributed by atoms with Crippen LogP contribution in [0.2, 0.25) is 0 Å². The van der Waals surface area contributed by atoms with Gasteiger partial charge in [0.2, 0.25) is 0 Å². The number of carbonyl (C=O) groups excluding carboxylic acids is 1. The van der Waals surface area contributed by atoms with Gasteiger partial charge in [-0.25, -0.2) is 4.98 Å². The van der Waals surface area contributed by atoms with E-state index in [1.54, 1.807) is 6.92 Å². The van der Waals surface area contributed by atoms with Crippen LogP contribution < -0.4 is 0 Å². The van der Waals surface area contributed by atoms with Crippen molar-refractivity contribution in [3.8, 4) is 6.07 Å². The SMILES string of the molecule is CCCCOC(=O)C(C)Sc1nc(C)cc(C)c1C#N. The van der Waals surface area contributed by atoms with Crippen LogP contribution >= 0.6 is 11.8 Å². The lowest BCUT2D eigenvalue weighted by atomic mass is 10.1. The van der Waals surface area contributed by atoms with Crippen molar-refractivity contribution in [2.45, 2.75) is 50.8 Å². The number of hydrogen-bond acceptors (Lipinski definition) is 5. The maximum atomic E-state index is 11.8. The predicted octanol–water partition coefficient (Wildman–Crippen LogP) is 3.39. The van der Waals surface area contributed by atoms with Crippen LogP contribution in [0.25, 0.3) is 0 Å². The lowest BCUT2D eigenvalue weighted by molar-refractivity contribution is -0.142. The van der Waals surface area contributed by atoms with Crippen molar-refractivity contribution in [1.29, 1.82) is 5.26 Å². The number of esters is 1. The molecule has 0 aliphatic heterocycles. The van der Waals surface area contributed by atoms with E-state index in [0.717, 1.165) is 24.1 Å². The molecule has 0 bridgehead atoms. The van der Waals surface area contributed by atoms with Crippen LogP contribution in [0.5, 0.6) is 0 Å². The van der Waals surface area contributed by atoms with E-state index >= 15 is 0 Å². The molecule has 20 heavy (non-hydrogen) atoms. The number of hydrogen-bond donors (Lipinski definition) is 0. The fourth-order valence-electron chi connectivity index (χ4n) is 1.67. The van der Waals surface area contributed by atoms with Gasteiger partial charge in [-0.3, -0.25) is 4.79 Å². The topological polar surface area (TPSA) is 63.0 Å². The highest BCUT2D eigenvalue weighted by Crippen LogP contribution is 2.27. The van der Waals surface area contributed by atoms with Gasteiger partial charge >= 0.3 is 5.97 Å². The number of nitriles is 1. The first kappa shape index (κ1) is 16.5. The molecule has 1 unspecified atom stereocenters. The Bertz CT molecular complexity index is 523. The molecule has 0 radical (unpaired) electrons. The fourth-order valence-corrected chi connectivity index (χ4v) is 2.69. The predicted molar refractivity (Wildman–Crippen MR) is 79.6 cm³/mol. The minimum atomic E-state index is -0.368. The van der Waals surface area contributed by atoms with Crippen molar-refractivity contribution in [2.75, 3.05) is 6.61 Å². The fraction of sp³-hybridized carbons (Fsp3) is 0.533. The maximum Gasteiger partial charge on any atom is 0.319 e. The van der Waals surface area contributed by atoms with Gasteiger partial charge in [-0.15, -0.1) is 0 Å². The Labute approximate surface area is 124 Å². The largest absolute Gasteiger partial charge is 0.465 e. The van der Waals surface area contributed by atoms with Gasteiger partial charge in [-0.05, 0) is 38.8 Å². The summed E-state index contributed by atoms with van der Waals surface area (Å²) >= 11 is 1.28. The van der Waals surface area contributed by atoms with Crippen LogP contribution in [0.3, 0.4) is 0 Å². The smallest absolute Gasteiger partial charge is 0.319 e. The Kier molecular flexibility index (Phi) is 6.53. The highest BCUT2D eigenvalue weighted by Gasteiger charge is 2.19. The van der Waals surface area contributed by atoms with Crippen molar-refractivity contribution in [2.24, 2.45) is 0 Å². The van der Waals surface area contributed by atoms with Gasteiger partial charge < -0.3 is 4.74 Å². The highest BCUT2D eigenvalue weighted by molar-refractivity contribution is 8.00. The van der Waals surface area contributed by atoms with Crippen LogP contribution in [0.1, 0.15) is 43.5 Å². The molecule has 0 aromatic carbocycles. The zero-order valence-electron chi connectivity index (χ0n) is 12.4. The maximum absolute atomic E-state index is 11.8. The van der Waals surface area contributed by atoms with Crippen LogP contribution in [0.4, 0.5) is 0 Å². The van der Waals surface area contributed by atoms with Gasteiger partial charge in [0, 0.05) is 5.69 Å². The van der Waals surface area contributed by atoms with E-state index in [-0.39, 0.29) is 11.2 Å². The first-order chi connectivity index (χ1) is 9.49. The van der Waals surface area contributed by atoms with E-state index in [4.69, 9.17) is 4.74 Å². The number of aryl methyl sites for hydroxylation is 2. The summed E-state index contributed by atoms with van der Waals surface area (Å²) < 4.78 is 5.18.